The van der Waals surface area contributed by atoms with Crippen molar-refractivity contribution < 1.29 is 14.9 Å². The summed E-state index contributed by atoms with van der Waals surface area (Å²) < 4.78 is 8.40. The van der Waals surface area contributed by atoms with E-state index < -0.39 is 5.69 Å². The second kappa shape index (κ2) is 10.9. The number of hydrogen-bond acceptors (Lipinski definition) is 6. The number of hydrogen-bond donors (Lipinski definition) is 3. The van der Waals surface area contributed by atoms with Gasteiger partial charge >= 0.3 is 5.69 Å². The van der Waals surface area contributed by atoms with Crippen molar-refractivity contribution in [2.75, 3.05) is 6.61 Å². The number of nitrogens with zero attached hydrogens (tertiary/aromatic N) is 3. The lowest BCUT2D eigenvalue weighted by atomic mass is 9.90. The fourth-order valence-corrected chi connectivity index (χ4v) is 5.31. The number of phenols is 2. The summed E-state index contributed by atoms with van der Waals surface area (Å²) in [5.74, 6) is 1.83. The van der Waals surface area contributed by atoms with E-state index in [1.54, 1.807) is 31.3 Å². The number of aromatic nitrogens is 4. The van der Waals surface area contributed by atoms with E-state index in [4.69, 9.17) is 4.74 Å². The van der Waals surface area contributed by atoms with Crippen molar-refractivity contribution in [3.05, 3.63) is 117 Å². The third-order valence-corrected chi connectivity index (χ3v) is 7.57. The Hall–Kier alpha value is -5.31. The predicted molar refractivity (Wildman–Crippen MR) is 162 cm³/mol. The second-order valence-electron chi connectivity index (χ2n) is 10.4. The van der Waals surface area contributed by atoms with Crippen molar-refractivity contribution in [1.82, 2.24) is 19.1 Å². The first kappa shape index (κ1) is 26.9. The van der Waals surface area contributed by atoms with Crippen LogP contribution < -0.4 is 16.0 Å². The van der Waals surface area contributed by atoms with Gasteiger partial charge in [0.15, 0.2) is 5.65 Å². The van der Waals surface area contributed by atoms with Crippen LogP contribution in [-0.4, -0.2) is 35.9 Å². The highest BCUT2D eigenvalue weighted by atomic mass is 16.5. The molecule has 0 aliphatic rings. The lowest BCUT2D eigenvalue weighted by Crippen LogP contribution is -2.36. The van der Waals surface area contributed by atoms with Gasteiger partial charge < -0.3 is 19.9 Å². The van der Waals surface area contributed by atoms with Gasteiger partial charge in [0.2, 0.25) is 0 Å². The van der Waals surface area contributed by atoms with Crippen LogP contribution in [-0.2, 0) is 26.9 Å². The van der Waals surface area contributed by atoms with Gasteiger partial charge in [-0.25, -0.2) is 9.78 Å². The number of rotatable bonds is 8. The summed E-state index contributed by atoms with van der Waals surface area (Å²) in [6.45, 7) is 0.463. The van der Waals surface area contributed by atoms with Gasteiger partial charge in [0.25, 0.3) is 5.56 Å². The van der Waals surface area contributed by atoms with Crippen molar-refractivity contribution in [2.24, 2.45) is 14.1 Å². The molecule has 0 fully saturated rings. The summed E-state index contributed by atoms with van der Waals surface area (Å²) in [6, 6.07) is 24.7. The molecule has 9 heteroatoms. The molecule has 6 rings (SSSR count). The number of aromatic hydroxyl groups is 2. The Labute approximate surface area is 240 Å². The molecule has 0 aliphatic carbocycles. The number of aryl methyl sites for hydroxylation is 2. The van der Waals surface area contributed by atoms with E-state index in [2.05, 4.69) is 16.0 Å². The summed E-state index contributed by atoms with van der Waals surface area (Å²) in [7, 11) is 3.05. The molecule has 0 aliphatic heterocycles. The first-order chi connectivity index (χ1) is 20.3. The lowest BCUT2D eigenvalue weighted by molar-refractivity contribution is 0.310. The van der Waals surface area contributed by atoms with Gasteiger partial charge in [0, 0.05) is 20.5 Å². The smallest absolute Gasteiger partial charge is 0.332 e. The van der Waals surface area contributed by atoms with Gasteiger partial charge in [-0.2, -0.15) is 0 Å². The molecule has 0 bridgehead atoms. The van der Waals surface area contributed by atoms with Crippen molar-refractivity contribution >= 4 is 21.9 Å². The molecule has 4 aromatic carbocycles. The predicted octanol–water partition coefficient (Wildman–Crippen LogP) is 4.79. The minimum absolute atomic E-state index is 0.219. The van der Waals surface area contributed by atoms with Gasteiger partial charge in [-0.3, -0.25) is 13.9 Å². The van der Waals surface area contributed by atoms with Crippen molar-refractivity contribution in [2.45, 2.75) is 19.3 Å². The molecule has 2 aromatic heterocycles. The molecule has 0 amide bonds. The topological polar surface area (TPSA) is 122 Å². The van der Waals surface area contributed by atoms with E-state index in [0.29, 0.717) is 42.9 Å². The number of aromatic amines is 1. The molecule has 42 heavy (non-hydrogen) atoms. The molecule has 6 aromatic rings. The quantitative estimate of drug-likeness (QED) is 0.229. The number of phenolic OH excluding ortho intramolecular Hbond substituents is 2. The SMILES string of the molecule is Cn1c(=O)c2[nH]c(CCCOc3ccc(Cc4c(-c5ccc(O)cc5)ccc5cc(O)ccc45)cc3)nc2n(C)c1=O. The molecule has 0 saturated heterocycles. The van der Waals surface area contributed by atoms with Gasteiger partial charge in [-0.05, 0) is 82.3 Å². The monoisotopic (exact) mass is 562 g/mol. The molecular formula is C33H30N4O5. The number of ether oxygens (including phenoxy) is 1. The highest BCUT2D eigenvalue weighted by Gasteiger charge is 2.14. The molecule has 0 spiro atoms. The number of benzene rings is 4. The molecular weight excluding hydrogens is 532 g/mol. The summed E-state index contributed by atoms with van der Waals surface area (Å²) in [5, 5.41) is 21.8. The first-order valence-corrected chi connectivity index (χ1v) is 13.7. The number of imidazole rings is 1. The van der Waals surface area contributed by atoms with Crippen LogP contribution in [0.25, 0.3) is 33.1 Å². The van der Waals surface area contributed by atoms with Crippen LogP contribution in [0.2, 0.25) is 0 Å². The average molecular weight is 563 g/mol. The van der Waals surface area contributed by atoms with E-state index in [0.717, 1.165) is 43.3 Å². The molecule has 0 radical (unpaired) electrons. The van der Waals surface area contributed by atoms with E-state index in [9.17, 15) is 19.8 Å². The highest BCUT2D eigenvalue weighted by Crippen LogP contribution is 2.34. The molecule has 2 heterocycles. The number of nitrogens with one attached hydrogen (secondary N) is 1. The minimum atomic E-state index is -0.409. The van der Waals surface area contributed by atoms with Gasteiger partial charge in [0.1, 0.15) is 28.6 Å². The van der Waals surface area contributed by atoms with Crippen LogP contribution in [0, 0.1) is 0 Å². The van der Waals surface area contributed by atoms with E-state index in [1.165, 1.54) is 11.6 Å². The highest BCUT2D eigenvalue weighted by molar-refractivity contribution is 5.93. The zero-order valence-electron chi connectivity index (χ0n) is 23.3. The molecule has 9 nitrogen and oxygen atoms in total. The zero-order valence-corrected chi connectivity index (χ0v) is 23.3. The third kappa shape index (κ3) is 5.12. The van der Waals surface area contributed by atoms with Crippen LogP contribution in [0.5, 0.6) is 17.2 Å². The molecule has 3 N–H and O–H groups in total. The van der Waals surface area contributed by atoms with Gasteiger partial charge in [-0.1, -0.05) is 42.5 Å². The number of fused-ring (bicyclic) bond motifs is 2. The fraction of sp³-hybridized carbons (Fsp3) is 0.182. The molecule has 0 saturated carbocycles. The zero-order chi connectivity index (χ0) is 29.4. The Bertz CT molecular complexity index is 2040. The maximum absolute atomic E-state index is 12.4. The van der Waals surface area contributed by atoms with Crippen LogP contribution >= 0.6 is 0 Å². The summed E-state index contributed by atoms with van der Waals surface area (Å²) in [6.07, 6.45) is 1.92. The second-order valence-corrected chi connectivity index (χ2v) is 10.4. The van der Waals surface area contributed by atoms with E-state index >= 15 is 0 Å². The van der Waals surface area contributed by atoms with Crippen LogP contribution in [0.1, 0.15) is 23.4 Å². The lowest BCUT2D eigenvalue weighted by Gasteiger charge is -2.15. The van der Waals surface area contributed by atoms with Crippen LogP contribution in [0.3, 0.4) is 0 Å². The van der Waals surface area contributed by atoms with Gasteiger partial charge in [0.05, 0.1) is 6.61 Å². The summed E-state index contributed by atoms with van der Waals surface area (Å²) in [4.78, 5) is 32.0. The first-order valence-electron chi connectivity index (χ1n) is 13.7. The third-order valence-electron chi connectivity index (χ3n) is 7.57. The normalized spacial score (nSPS) is 11.4. The molecule has 0 atom stereocenters. The molecule has 212 valence electrons. The van der Waals surface area contributed by atoms with Crippen molar-refractivity contribution in [1.29, 1.82) is 0 Å². The largest absolute Gasteiger partial charge is 0.508 e. The summed E-state index contributed by atoms with van der Waals surface area (Å²) in [5.41, 5.74) is 4.19. The average Bonchev–Trinajstić information content (AvgIpc) is 3.43. The number of H-pyrrole nitrogens is 1. The summed E-state index contributed by atoms with van der Waals surface area (Å²) >= 11 is 0. The van der Waals surface area contributed by atoms with Crippen molar-refractivity contribution in [3.63, 3.8) is 0 Å². The molecule has 0 unspecified atom stereocenters. The van der Waals surface area contributed by atoms with Crippen molar-refractivity contribution in [3.8, 4) is 28.4 Å². The Balaban J connectivity index is 1.15. The Morgan fingerprint density at radius 1 is 0.857 bits per heavy atom. The van der Waals surface area contributed by atoms with E-state index in [1.807, 2.05) is 48.5 Å². The maximum atomic E-state index is 12.4. The van der Waals surface area contributed by atoms with E-state index in [-0.39, 0.29) is 17.1 Å². The standard InChI is InChI=1S/C33H30N4O5/c1-36-31-30(32(40)37(2)33(36)41)34-29(35-31)4-3-17-42-25-13-5-20(6-14-25)18-28-26(21-7-10-23(38)11-8-21)15-9-22-19-24(39)12-16-27(22)28/h5-16,19,38-39H,3-4,17-18H2,1-2H3,(H,34,35). The van der Waals surface area contributed by atoms with Gasteiger partial charge in [-0.15, -0.1) is 0 Å². The maximum Gasteiger partial charge on any atom is 0.332 e. The Kier molecular flexibility index (Phi) is 7.00. The van der Waals surface area contributed by atoms with Crippen LogP contribution in [0.4, 0.5) is 0 Å². The fourth-order valence-electron chi connectivity index (χ4n) is 5.31. The minimum Gasteiger partial charge on any atom is -0.508 e. The Morgan fingerprint density at radius 2 is 1.60 bits per heavy atom. The van der Waals surface area contributed by atoms with Crippen LogP contribution in [0.15, 0.2) is 88.5 Å². The Morgan fingerprint density at radius 3 is 2.36 bits per heavy atom.